The zero-order valence-corrected chi connectivity index (χ0v) is 16.5. The van der Waals surface area contributed by atoms with Crippen LogP contribution in [0.4, 0.5) is 20.6 Å². The topological polar surface area (TPSA) is 83.4 Å². The highest BCUT2D eigenvalue weighted by molar-refractivity contribution is 6.01. The zero-order chi connectivity index (χ0) is 20.9. The highest BCUT2D eigenvalue weighted by Gasteiger charge is 2.21. The highest BCUT2D eigenvalue weighted by atomic mass is 19.1. The van der Waals surface area contributed by atoms with Crippen molar-refractivity contribution in [3.05, 3.63) is 70.3 Å². The first-order valence-corrected chi connectivity index (χ1v) is 10.2. The third-order valence-corrected chi connectivity index (χ3v) is 5.37. The molecule has 0 aliphatic heterocycles. The lowest BCUT2D eigenvalue weighted by atomic mass is 9.95. The summed E-state index contributed by atoms with van der Waals surface area (Å²) in [6.45, 7) is 0.205. The summed E-state index contributed by atoms with van der Waals surface area (Å²) in [6, 6.07) is 12.8. The van der Waals surface area contributed by atoms with Gasteiger partial charge < -0.3 is 15.1 Å². The molecule has 30 heavy (non-hydrogen) atoms. The van der Waals surface area contributed by atoms with Gasteiger partial charge in [0.05, 0.1) is 5.69 Å². The number of fused-ring (bicyclic) bond motifs is 1. The molecule has 3 aromatic rings. The predicted octanol–water partition coefficient (Wildman–Crippen LogP) is 5.00. The van der Waals surface area contributed by atoms with Crippen molar-refractivity contribution in [3.63, 3.8) is 0 Å². The maximum absolute atomic E-state index is 13.0. The maximum Gasteiger partial charge on any atom is 0.362 e. The molecule has 1 fully saturated rings. The molecular formula is C23H24FN3O3. The van der Waals surface area contributed by atoms with Crippen molar-refractivity contribution in [1.82, 2.24) is 5.32 Å². The predicted molar refractivity (Wildman–Crippen MR) is 115 cm³/mol. The third-order valence-electron chi connectivity index (χ3n) is 5.37. The quantitative estimate of drug-likeness (QED) is 0.518. The van der Waals surface area contributed by atoms with E-state index in [2.05, 4.69) is 16.0 Å². The van der Waals surface area contributed by atoms with Gasteiger partial charge in [-0.05, 0) is 42.7 Å². The summed E-state index contributed by atoms with van der Waals surface area (Å²) in [5.74, 6) is -0.338. The van der Waals surface area contributed by atoms with Crippen LogP contribution in [0.3, 0.4) is 0 Å². The van der Waals surface area contributed by atoms with E-state index in [4.69, 9.17) is 4.42 Å². The summed E-state index contributed by atoms with van der Waals surface area (Å²) in [5, 5.41) is 9.56. The largest absolute Gasteiger partial charge is 0.421 e. The SMILES string of the molecule is O=C(NCc1ccc(F)cc1)Nc1c(NC2CCCCC2)c2ccccc2oc1=O. The van der Waals surface area contributed by atoms with Crippen LogP contribution in [0.5, 0.6) is 0 Å². The Balaban J connectivity index is 1.57. The van der Waals surface area contributed by atoms with Crippen molar-refractivity contribution in [2.45, 2.75) is 44.7 Å². The van der Waals surface area contributed by atoms with E-state index in [0.29, 0.717) is 11.3 Å². The Labute approximate surface area is 173 Å². The van der Waals surface area contributed by atoms with Crippen LogP contribution in [-0.2, 0) is 6.54 Å². The van der Waals surface area contributed by atoms with Crippen LogP contribution >= 0.6 is 0 Å². The highest BCUT2D eigenvalue weighted by Crippen LogP contribution is 2.31. The first-order valence-electron chi connectivity index (χ1n) is 10.2. The Bertz CT molecular complexity index is 1090. The van der Waals surface area contributed by atoms with Crippen molar-refractivity contribution in [2.75, 3.05) is 10.6 Å². The molecule has 4 rings (SSSR count). The number of urea groups is 1. The Morgan fingerprint density at radius 2 is 1.73 bits per heavy atom. The minimum absolute atomic E-state index is 0.0934. The average Bonchev–Trinajstić information content (AvgIpc) is 2.76. The van der Waals surface area contributed by atoms with Gasteiger partial charge in [-0.25, -0.2) is 14.0 Å². The number of carbonyl (C=O) groups is 1. The molecule has 0 unspecified atom stereocenters. The summed E-state index contributed by atoms with van der Waals surface area (Å²) >= 11 is 0. The van der Waals surface area contributed by atoms with Gasteiger partial charge in [-0.1, -0.05) is 43.5 Å². The number of amides is 2. The molecule has 1 aliphatic rings. The number of hydrogen-bond donors (Lipinski definition) is 3. The Kier molecular flexibility index (Phi) is 5.97. The van der Waals surface area contributed by atoms with Crippen molar-refractivity contribution in [1.29, 1.82) is 0 Å². The normalized spacial score (nSPS) is 14.4. The zero-order valence-electron chi connectivity index (χ0n) is 16.5. The van der Waals surface area contributed by atoms with Gasteiger partial charge in [-0.15, -0.1) is 0 Å². The molecular weight excluding hydrogens is 385 g/mol. The number of rotatable bonds is 5. The number of para-hydroxylation sites is 1. The fourth-order valence-corrected chi connectivity index (χ4v) is 3.81. The van der Waals surface area contributed by atoms with Gasteiger partial charge in [-0.3, -0.25) is 5.32 Å². The van der Waals surface area contributed by atoms with Gasteiger partial charge in [0.15, 0.2) is 5.69 Å². The van der Waals surface area contributed by atoms with Crippen LogP contribution in [0.2, 0.25) is 0 Å². The molecule has 2 amide bonds. The molecule has 156 valence electrons. The van der Waals surface area contributed by atoms with Crippen molar-refractivity contribution < 1.29 is 13.6 Å². The Morgan fingerprint density at radius 1 is 1.00 bits per heavy atom. The summed E-state index contributed by atoms with van der Waals surface area (Å²) in [6.07, 6.45) is 5.53. The number of hydrogen-bond acceptors (Lipinski definition) is 4. The Hall–Kier alpha value is -3.35. The van der Waals surface area contributed by atoms with Crippen LogP contribution in [0, 0.1) is 5.82 Å². The smallest absolute Gasteiger partial charge is 0.362 e. The van der Waals surface area contributed by atoms with E-state index in [1.54, 1.807) is 24.3 Å². The van der Waals surface area contributed by atoms with Gasteiger partial charge >= 0.3 is 11.7 Å². The maximum atomic E-state index is 13.0. The molecule has 1 heterocycles. The van der Waals surface area contributed by atoms with Gasteiger partial charge in [-0.2, -0.15) is 0 Å². The molecule has 0 bridgehead atoms. The number of nitrogens with one attached hydrogen (secondary N) is 3. The molecule has 2 aromatic carbocycles. The van der Waals surface area contributed by atoms with E-state index in [0.717, 1.165) is 36.6 Å². The van der Waals surface area contributed by atoms with Crippen molar-refractivity contribution in [2.24, 2.45) is 0 Å². The van der Waals surface area contributed by atoms with E-state index in [9.17, 15) is 14.0 Å². The first-order chi connectivity index (χ1) is 14.6. The van der Waals surface area contributed by atoms with Crippen LogP contribution in [0.1, 0.15) is 37.7 Å². The fraction of sp³-hybridized carbons (Fsp3) is 0.304. The lowest BCUT2D eigenvalue weighted by molar-refractivity contribution is 0.251. The van der Waals surface area contributed by atoms with E-state index in [1.165, 1.54) is 18.6 Å². The van der Waals surface area contributed by atoms with Crippen LogP contribution in [-0.4, -0.2) is 12.1 Å². The van der Waals surface area contributed by atoms with E-state index in [1.807, 2.05) is 12.1 Å². The van der Waals surface area contributed by atoms with E-state index in [-0.39, 0.29) is 24.1 Å². The van der Waals surface area contributed by atoms with Crippen LogP contribution in [0.25, 0.3) is 11.0 Å². The summed E-state index contributed by atoms with van der Waals surface area (Å²) in [5.41, 5.74) is 1.29. The molecule has 1 saturated carbocycles. The molecule has 7 heteroatoms. The second-order valence-corrected chi connectivity index (χ2v) is 7.55. The second-order valence-electron chi connectivity index (χ2n) is 7.55. The molecule has 1 aliphatic carbocycles. The van der Waals surface area contributed by atoms with Gasteiger partial charge in [0.25, 0.3) is 0 Å². The average molecular weight is 409 g/mol. The summed E-state index contributed by atoms with van der Waals surface area (Å²) < 4.78 is 18.4. The molecule has 0 atom stereocenters. The molecule has 3 N–H and O–H groups in total. The van der Waals surface area contributed by atoms with E-state index >= 15 is 0 Å². The molecule has 6 nitrogen and oxygen atoms in total. The molecule has 0 saturated heterocycles. The van der Waals surface area contributed by atoms with Gasteiger partial charge in [0, 0.05) is 18.0 Å². The lowest BCUT2D eigenvalue weighted by Gasteiger charge is -2.25. The van der Waals surface area contributed by atoms with E-state index < -0.39 is 11.7 Å². The number of anilines is 2. The van der Waals surface area contributed by atoms with Crippen LogP contribution in [0.15, 0.2) is 57.7 Å². The first kappa shape index (κ1) is 19.9. The Morgan fingerprint density at radius 3 is 2.50 bits per heavy atom. The third kappa shape index (κ3) is 4.62. The van der Waals surface area contributed by atoms with Crippen molar-refractivity contribution in [3.8, 4) is 0 Å². The molecule has 0 radical (unpaired) electrons. The van der Waals surface area contributed by atoms with Gasteiger partial charge in [0.2, 0.25) is 0 Å². The van der Waals surface area contributed by atoms with Crippen LogP contribution < -0.4 is 21.6 Å². The standard InChI is InChI=1S/C23H24FN3O3/c24-16-12-10-15(11-13-16)14-25-23(29)27-21-20(26-17-6-2-1-3-7-17)18-8-4-5-9-19(18)30-22(21)28/h4-5,8-13,17,26H,1-3,6-7,14H2,(H2,25,27,29). The second kappa shape index (κ2) is 8.98. The van der Waals surface area contributed by atoms with Gasteiger partial charge in [0.1, 0.15) is 11.4 Å². The minimum Gasteiger partial charge on any atom is -0.421 e. The number of halogens is 1. The summed E-state index contributed by atoms with van der Waals surface area (Å²) in [4.78, 5) is 25.1. The number of benzene rings is 2. The summed E-state index contributed by atoms with van der Waals surface area (Å²) in [7, 11) is 0. The van der Waals surface area contributed by atoms with Crippen molar-refractivity contribution >= 4 is 28.4 Å². The molecule has 1 aromatic heterocycles. The lowest BCUT2D eigenvalue weighted by Crippen LogP contribution is -2.31. The number of carbonyl (C=O) groups excluding carboxylic acids is 1. The minimum atomic E-state index is -0.607. The fourth-order valence-electron chi connectivity index (χ4n) is 3.81. The molecule has 0 spiro atoms. The monoisotopic (exact) mass is 409 g/mol.